The molecule has 0 radical (unpaired) electrons. The lowest BCUT2D eigenvalue weighted by Crippen LogP contribution is -2.11. The van der Waals surface area contributed by atoms with Gasteiger partial charge in [0.15, 0.2) is 17.2 Å². The maximum atomic E-state index is 9.29. The van der Waals surface area contributed by atoms with Gasteiger partial charge in [0.1, 0.15) is 0 Å². The molecule has 0 aromatic heterocycles. The van der Waals surface area contributed by atoms with Crippen LogP contribution in [-0.2, 0) is 0 Å². The molecule has 0 heterocycles. The lowest BCUT2D eigenvalue weighted by atomic mass is 9.86. The van der Waals surface area contributed by atoms with Gasteiger partial charge < -0.3 is 14.7 Å². The SMILES string of the molecule is CC(C)c1c(OO)c(C(C)C)c(OO)c(C(C)C)c1OO. The van der Waals surface area contributed by atoms with Gasteiger partial charge in [0.25, 0.3) is 0 Å². The zero-order chi connectivity index (χ0) is 16.3. The van der Waals surface area contributed by atoms with E-state index in [1.165, 1.54) is 0 Å². The fourth-order valence-corrected chi connectivity index (χ4v) is 2.61. The molecular weight excluding hydrogens is 276 g/mol. The fraction of sp³-hybridized carbons (Fsp3) is 0.600. The topological polar surface area (TPSA) is 88.4 Å². The minimum Gasteiger partial charge on any atom is -0.339 e. The van der Waals surface area contributed by atoms with Crippen molar-refractivity contribution in [2.24, 2.45) is 0 Å². The van der Waals surface area contributed by atoms with Crippen molar-refractivity contribution < 1.29 is 30.4 Å². The molecule has 120 valence electrons. The van der Waals surface area contributed by atoms with E-state index in [1.807, 2.05) is 41.5 Å². The van der Waals surface area contributed by atoms with Crippen LogP contribution in [0.15, 0.2) is 0 Å². The molecule has 6 heteroatoms. The summed E-state index contributed by atoms with van der Waals surface area (Å²) in [4.78, 5) is 13.6. The molecule has 0 saturated carbocycles. The molecule has 0 aliphatic heterocycles. The molecular formula is C15H24O6. The smallest absolute Gasteiger partial charge is 0.179 e. The molecule has 21 heavy (non-hydrogen) atoms. The highest BCUT2D eigenvalue weighted by Crippen LogP contribution is 2.51. The molecule has 1 rings (SSSR count). The van der Waals surface area contributed by atoms with Crippen molar-refractivity contribution in [1.82, 2.24) is 0 Å². The van der Waals surface area contributed by atoms with Crippen molar-refractivity contribution in [1.29, 1.82) is 0 Å². The van der Waals surface area contributed by atoms with Crippen LogP contribution in [0.5, 0.6) is 17.2 Å². The quantitative estimate of drug-likeness (QED) is 0.525. The zero-order valence-corrected chi connectivity index (χ0v) is 13.3. The fourth-order valence-electron chi connectivity index (χ4n) is 2.61. The monoisotopic (exact) mass is 300 g/mol. The first-order valence-corrected chi connectivity index (χ1v) is 6.99. The molecule has 0 fully saturated rings. The molecule has 3 N–H and O–H groups in total. The van der Waals surface area contributed by atoms with Gasteiger partial charge in [-0.15, -0.1) is 0 Å². The molecule has 1 aromatic rings. The van der Waals surface area contributed by atoms with Crippen molar-refractivity contribution in [2.45, 2.75) is 59.3 Å². The largest absolute Gasteiger partial charge is 0.339 e. The van der Waals surface area contributed by atoms with Crippen molar-refractivity contribution >= 4 is 0 Å². The van der Waals surface area contributed by atoms with Crippen LogP contribution in [0.4, 0.5) is 0 Å². The molecule has 0 saturated heterocycles. The minimum atomic E-state index is -0.0861. The van der Waals surface area contributed by atoms with Gasteiger partial charge in [0.05, 0.1) is 0 Å². The molecule has 0 bridgehead atoms. The van der Waals surface area contributed by atoms with Gasteiger partial charge in [0, 0.05) is 16.7 Å². The molecule has 0 aliphatic carbocycles. The van der Waals surface area contributed by atoms with E-state index in [4.69, 9.17) is 0 Å². The summed E-state index contributed by atoms with van der Waals surface area (Å²) in [5.41, 5.74) is 1.56. The Hall–Kier alpha value is -1.50. The predicted octanol–water partition coefficient (Wildman–Crippen LogP) is 4.61. The lowest BCUT2D eigenvalue weighted by Gasteiger charge is -2.25. The number of benzene rings is 1. The second-order valence-electron chi connectivity index (χ2n) is 5.97. The van der Waals surface area contributed by atoms with Crippen molar-refractivity contribution in [3.63, 3.8) is 0 Å². The summed E-state index contributed by atoms with van der Waals surface area (Å²) >= 11 is 0. The second kappa shape index (κ2) is 6.98. The van der Waals surface area contributed by atoms with Crippen LogP contribution < -0.4 is 14.7 Å². The molecule has 6 nitrogen and oxygen atoms in total. The third-order valence-electron chi connectivity index (χ3n) is 3.47. The van der Waals surface area contributed by atoms with Gasteiger partial charge in [-0.25, -0.2) is 15.8 Å². The van der Waals surface area contributed by atoms with Gasteiger partial charge in [-0.05, 0) is 17.8 Å². The van der Waals surface area contributed by atoms with Crippen LogP contribution in [0.25, 0.3) is 0 Å². The van der Waals surface area contributed by atoms with Crippen LogP contribution in [0, 0.1) is 0 Å². The summed E-state index contributed by atoms with van der Waals surface area (Å²) in [5, 5.41) is 27.9. The molecule has 0 atom stereocenters. The minimum absolute atomic E-state index is 0.0861. The predicted molar refractivity (Wildman–Crippen MR) is 78.5 cm³/mol. The number of hydrogen-bond donors (Lipinski definition) is 3. The van der Waals surface area contributed by atoms with Crippen molar-refractivity contribution in [2.75, 3.05) is 0 Å². The van der Waals surface area contributed by atoms with Crippen molar-refractivity contribution in [3.8, 4) is 17.2 Å². The molecule has 0 amide bonds. The number of hydrogen-bond acceptors (Lipinski definition) is 6. The van der Waals surface area contributed by atoms with Gasteiger partial charge >= 0.3 is 0 Å². The molecule has 0 spiro atoms. The van der Waals surface area contributed by atoms with Crippen LogP contribution >= 0.6 is 0 Å². The summed E-state index contributed by atoms with van der Waals surface area (Å²) < 4.78 is 0. The van der Waals surface area contributed by atoms with E-state index in [0.29, 0.717) is 16.7 Å². The Morgan fingerprint density at radius 3 is 0.810 bits per heavy atom. The summed E-state index contributed by atoms with van der Waals surface area (Å²) in [5.74, 6) is 0.152. The maximum Gasteiger partial charge on any atom is 0.179 e. The third kappa shape index (κ3) is 3.07. The Balaban J connectivity index is 3.96. The normalized spacial score (nSPS) is 11.4. The first-order chi connectivity index (χ1) is 9.81. The van der Waals surface area contributed by atoms with Crippen LogP contribution in [-0.4, -0.2) is 15.8 Å². The van der Waals surface area contributed by atoms with Crippen LogP contribution in [0.2, 0.25) is 0 Å². The summed E-state index contributed by atoms with van der Waals surface area (Å²) in [6, 6.07) is 0. The average Bonchev–Trinajstić information content (AvgIpc) is 2.42. The standard InChI is InChI=1S/C15H24O6/c1-7(2)10-13(19-16)11(8(3)4)15(21-18)12(9(5)6)14(10)20-17/h7-9,16-18H,1-6H3. The van der Waals surface area contributed by atoms with E-state index in [2.05, 4.69) is 14.7 Å². The number of rotatable bonds is 6. The first-order valence-electron chi connectivity index (χ1n) is 6.99. The Bertz CT molecular complexity index is 401. The maximum absolute atomic E-state index is 9.29. The first kappa shape index (κ1) is 17.6. The van der Waals surface area contributed by atoms with E-state index in [0.717, 1.165) is 0 Å². The Labute approximate surface area is 124 Å². The van der Waals surface area contributed by atoms with Gasteiger partial charge in [-0.2, -0.15) is 0 Å². The third-order valence-corrected chi connectivity index (χ3v) is 3.47. The Morgan fingerprint density at radius 2 is 0.714 bits per heavy atom. The van der Waals surface area contributed by atoms with E-state index in [1.54, 1.807) is 0 Å². The van der Waals surface area contributed by atoms with Crippen LogP contribution in [0.1, 0.15) is 76.0 Å². The van der Waals surface area contributed by atoms with Crippen LogP contribution in [0.3, 0.4) is 0 Å². The Morgan fingerprint density at radius 1 is 0.524 bits per heavy atom. The highest BCUT2D eigenvalue weighted by atomic mass is 17.1. The molecule has 0 aliphatic rings. The van der Waals surface area contributed by atoms with E-state index < -0.39 is 0 Å². The summed E-state index contributed by atoms with van der Waals surface area (Å²) in [6.45, 7) is 11.3. The molecule has 1 aromatic carbocycles. The van der Waals surface area contributed by atoms with Gasteiger partial charge in [-0.1, -0.05) is 41.5 Å². The van der Waals surface area contributed by atoms with Gasteiger partial charge in [-0.3, -0.25) is 0 Å². The van der Waals surface area contributed by atoms with E-state index in [9.17, 15) is 15.8 Å². The molecule has 0 unspecified atom stereocenters. The average molecular weight is 300 g/mol. The highest BCUT2D eigenvalue weighted by Gasteiger charge is 2.32. The summed E-state index contributed by atoms with van der Waals surface area (Å²) in [7, 11) is 0. The lowest BCUT2D eigenvalue weighted by molar-refractivity contribution is -0.155. The second-order valence-corrected chi connectivity index (χ2v) is 5.97. The van der Waals surface area contributed by atoms with E-state index in [-0.39, 0.29) is 35.0 Å². The van der Waals surface area contributed by atoms with Gasteiger partial charge in [0.2, 0.25) is 0 Å². The van der Waals surface area contributed by atoms with Crippen molar-refractivity contribution in [3.05, 3.63) is 16.7 Å². The van der Waals surface area contributed by atoms with E-state index >= 15 is 0 Å². The highest BCUT2D eigenvalue weighted by molar-refractivity contribution is 5.65. The zero-order valence-electron chi connectivity index (χ0n) is 13.3. The summed E-state index contributed by atoms with van der Waals surface area (Å²) in [6.07, 6.45) is 0. The Kier molecular flexibility index (Phi) is 5.83.